The molecule has 0 aliphatic heterocycles. The highest BCUT2D eigenvalue weighted by molar-refractivity contribution is 7.99. The SMILES string of the molecule is CN(Cc1nc(-c2cccs2)no1)C(=O)CSCc1cccc(Cl)c1. The lowest BCUT2D eigenvalue weighted by Crippen LogP contribution is -2.28. The molecule has 0 bridgehead atoms. The highest BCUT2D eigenvalue weighted by atomic mass is 35.5. The Balaban J connectivity index is 1.47. The summed E-state index contributed by atoms with van der Waals surface area (Å²) >= 11 is 9.06. The van der Waals surface area contributed by atoms with Crippen LogP contribution in [-0.4, -0.2) is 33.7 Å². The van der Waals surface area contributed by atoms with Gasteiger partial charge < -0.3 is 9.42 Å². The average molecular weight is 394 g/mol. The van der Waals surface area contributed by atoms with Gasteiger partial charge in [0.25, 0.3) is 0 Å². The molecule has 0 radical (unpaired) electrons. The molecule has 25 heavy (non-hydrogen) atoms. The van der Waals surface area contributed by atoms with E-state index in [4.69, 9.17) is 16.1 Å². The first-order valence-corrected chi connectivity index (χ1v) is 9.95. The fourth-order valence-electron chi connectivity index (χ4n) is 2.11. The number of nitrogens with zero attached hydrogens (tertiary/aromatic N) is 3. The topological polar surface area (TPSA) is 59.2 Å². The second kappa shape index (κ2) is 8.51. The number of thiophene rings is 1. The third kappa shape index (κ3) is 5.07. The smallest absolute Gasteiger partial charge is 0.246 e. The van der Waals surface area contributed by atoms with Crippen molar-refractivity contribution in [1.29, 1.82) is 0 Å². The van der Waals surface area contributed by atoms with Crippen molar-refractivity contribution in [3.8, 4) is 10.7 Å². The Bertz CT molecular complexity index is 836. The van der Waals surface area contributed by atoms with E-state index in [1.165, 1.54) is 0 Å². The van der Waals surface area contributed by atoms with E-state index in [9.17, 15) is 4.79 Å². The summed E-state index contributed by atoms with van der Waals surface area (Å²) < 4.78 is 5.23. The second-order valence-corrected chi connectivity index (χ2v) is 7.73. The molecule has 2 aromatic heterocycles. The second-order valence-electron chi connectivity index (χ2n) is 5.36. The zero-order chi connectivity index (χ0) is 17.6. The molecule has 3 aromatic rings. The lowest BCUT2D eigenvalue weighted by atomic mass is 10.2. The van der Waals surface area contributed by atoms with Crippen molar-refractivity contribution in [3.63, 3.8) is 0 Å². The lowest BCUT2D eigenvalue weighted by molar-refractivity contribution is -0.127. The molecule has 8 heteroatoms. The summed E-state index contributed by atoms with van der Waals surface area (Å²) in [4.78, 5) is 19.1. The lowest BCUT2D eigenvalue weighted by Gasteiger charge is -2.14. The maximum absolute atomic E-state index is 12.2. The van der Waals surface area contributed by atoms with E-state index in [2.05, 4.69) is 10.1 Å². The molecule has 0 spiro atoms. The third-order valence-corrected chi connectivity index (χ3v) is 5.48. The van der Waals surface area contributed by atoms with Crippen LogP contribution in [0.4, 0.5) is 0 Å². The molecular weight excluding hydrogens is 378 g/mol. The number of aromatic nitrogens is 2. The Kier molecular flexibility index (Phi) is 6.12. The predicted molar refractivity (Wildman–Crippen MR) is 102 cm³/mol. The van der Waals surface area contributed by atoms with Crippen LogP contribution in [0, 0.1) is 0 Å². The van der Waals surface area contributed by atoms with Crippen LogP contribution in [-0.2, 0) is 17.1 Å². The minimum absolute atomic E-state index is 0.0166. The van der Waals surface area contributed by atoms with Crippen molar-refractivity contribution >= 4 is 40.6 Å². The Morgan fingerprint density at radius 2 is 2.24 bits per heavy atom. The number of thioether (sulfide) groups is 1. The van der Waals surface area contributed by atoms with Gasteiger partial charge in [-0.1, -0.05) is 35.0 Å². The minimum atomic E-state index is 0.0166. The van der Waals surface area contributed by atoms with E-state index in [0.717, 1.165) is 16.2 Å². The summed E-state index contributed by atoms with van der Waals surface area (Å²) in [6, 6.07) is 11.5. The van der Waals surface area contributed by atoms with Crippen LogP contribution < -0.4 is 0 Å². The molecule has 130 valence electrons. The summed E-state index contributed by atoms with van der Waals surface area (Å²) in [6.07, 6.45) is 0. The van der Waals surface area contributed by atoms with Gasteiger partial charge in [0.05, 0.1) is 17.2 Å². The molecule has 0 fully saturated rings. The van der Waals surface area contributed by atoms with Gasteiger partial charge >= 0.3 is 0 Å². The number of benzene rings is 1. The van der Waals surface area contributed by atoms with Gasteiger partial charge in [-0.05, 0) is 29.1 Å². The summed E-state index contributed by atoms with van der Waals surface area (Å²) in [7, 11) is 1.73. The molecule has 0 N–H and O–H groups in total. The van der Waals surface area contributed by atoms with Gasteiger partial charge in [0.2, 0.25) is 17.6 Å². The highest BCUT2D eigenvalue weighted by Crippen LogP contribution is 2.22. The van der Waals surface area contributed by atoms with Crippen molar-refractivity contribution < 1.29 is 9.32 Å². The highest BCUT2D eigenvalue weighted by Gasteiger charge is 2.15. The molecule has 0 unspecified atom stereocenters. The van der Waals surface area contributed by atoms with Crippen LogP contribution in [0.25, 0.3) is 10.7 Å². The van der Waals surface area contributed by atoms with Crippen LogP contribution in [0.15, 0.2) is 46.3 Å². The van der Waals surface area contributed by atoms with Crippen LogP contribution in [0.5, 0.6) is 0 Å². The van der Waals surface area contributed by atoms with Crippen molar-refractivity contribution in [2.24, 2.45) is 0 Å². The van der Waals surface area contributed by atoms with E-state index in [0.29, 0.717) is 29.0 Å². The van der Waals surface area contributed by atoms with Crippen molar-refractivity contribution in [1.82, 2.24) is 15.0 Å². The molecule has 0 atom stereocenters. The van der Waals surface area contributed by atoms with Gasteiger partial charge in [-0.2, -0.15) is 4.98 Å². The Hall–Kier alpha value is -1.83. The van der Waals surface area contributed by atoms with Crippen molar-refractivity contribution in [2.75, 3.05) is 12.8 Å². The van der Waals surface area contributed by atoms with Gasteiger partial charge in [0, 0.05) is 17.8 Å². The number of rotatable bonds is 7. The molecule has 1 aromatic carbocycles. The first-order chi connectivity index (χ1) is 12.1. The minimum Gasteiger partial charge on any atom is -0.337 e. The largest absolute Gasteiger partial charge is 0.337 e. The number of amides is 1. The summed E-state index contributed by atoms with van der Waals surface area (Å²) in [5, 5.41) is 6.61. The molecule has 2 heterocycles. The standard InChI is InChI=1S/C17H16ClN3O2S2/c1-21(9-15-19-17(20-23-15)14-6-3-7-25-14)16(22)11-24-10-12-4-2-5-13(18)8-12/h2-8H,9-11H2,1H3. The summed E-state index contributed by atoms with van der Waals surface area (Å²) in [5.74, 6) is 2.13. The van der Waals surface area contributed by atoms with Gasteiger partial charge in [-0.25, -0.2) is 0 Å². The Labute approximate surface area is 159 Å². The average Bonchev–Trinajstić information content (AvgIpc) is 3.26. The quantitative estimate of drug-likeness (QED) is 0.597. The molecule has 0 aliphatic rings. The Morgan fingerprint density at radius 1 is 1.36 bits per heavy atom. The van der Waals surface area contributed by atoms with Gasteiger partial charge in [0.1, 0.15) is 0 Å². The fraction of sp³-hybridized carbons (Fsp3) is 0.235. The summed E-state index contributed by atoms with van der Waals surface area (Å²) in [5.41, 5.74) is 1.10. The Morgan fingerprint density at radius 3 is 3.00 bits per heavy atom. The maximum atomic E-state index is 12.2. The predicted octanol–water partition coefficient (Wildman–Crippen LogP) is 4.34. The van der Waals surface area contributed by atoms with Crippen LogP contribution in [0.3, 0.4) is 0 Å². The van der Waals surface area contributed by atoms with Gasteiger partial charge in [-0.3, -0.25) is 4.79 Å². The van der Waals surface area contributed by atoms with E-state index in [1.54, 1.807) is 35.0 Å². The number of hydrogen-bond donors (Lipinski definition) is 0. The summed E-state index contributed by atoms with van der Waals surface area (Å²) in [6.45, 7) is 0.301. The molecule has 5 nitrogen and oxygen atoms in total. The zero-order valence-electron chi connectivity index (χ0n) is 13.5. The molecule has 1 amide bonds. The van der Waals surface area contributed by atoms with Crippen molar-refractivity contribution in [2.45, 2.75) is 12.3 Å². The van der Waals surface area contributed by atoms with E-state index in [-0.39, 0.29) is 5.91 Å². The van der Waals surface area contributed by atoms with Crippen molar-refractivity contribution in [3.05, 3.63) is 58.3 Å². The van der Waals surface area contributed by atoms with Crippen LogP contribution >= 0.6 is 34.7 Å². The molecule has 0 saturated carbocycles. The number of carbonyl (C=O) groups excluding carboxylic acids is 1. The third-order valence-electron chi connectivity index (χ3n) is 3.39. The van der Waals surface area contributed by atoms with Gasteiger partial charge in [0.15, 0.2) is 0 Å². The van der Waals surface area contributed by atoms with E-state index < -0.39 is 0 Å². The monoisotopic (exact) mass is 393 g/mol. The molecule has 0 aliphatic carbocycles. The maximum Gasteiger partial charge on any atom is 0.246 e. The first kappa shape index (κ1) is 18.0. The van der Waals surface area contributed by atoms with E-state index in [1.807, 2.05) is 41.8 Å². The normalized spacial score (nSPS) is 10.8. The first-order valence-electron chi connectivity index (χ1n) is 7.54. The number of carbonyl (C=O) groups is 1. The van der Waals surface area contributed by atoms with Gasteiger partial charge in [-0.15, -0.1) is 23.1 Å². The number of hydrogen-bond acceptors (Lipinski definition) is 6. The molecule has 3 rings (SSSR count). The van der Waals surface area contributed by atoms with E-state index >= 15 is 0 Å². The number of halogens is 1. The molecular formula is C17H16ClN3O2S2. The van der Waals surface area contributed by atoms with Crippen LogP contribution in [0.2, 0.25) is 5.02 Å². The molecule has 0 saturated heterocycles. The zero-order valence-corrected chi connectivity index (χ0v) is 15.9. The fourth-order valence-corrected chi connectivity index (χ4v) is 3.88. The van der Waals surface area contributed by atoms with Crippen LogP contribution in [0.1, 0.15) is 11.5 Å².